The van der Waals surface area contributed by atoms with Crippen LogP contribution in [0.3, 0.4) is 0 Å². The minimum absolute atomic E-state index is 0.532. The minimum Gasteiger partial charge on any atom is -0.435 e. The number of nitrogens with zero attached hydrogens (tertiary/aromatic N) is 1. The molecule has 0 aliphatic carbocycles. The van der Waals surface area contributed by atoms with Gasteiger partial charge in [-0.2, -0.15) is 0 Å². The Morgan fingerprint density at radius 1 is 1.33 bits per heavy atom. The number of nitrogens with one attached hydrogen (secondary N) is 1. The molecule has 0 saturated carbocycles. The Hall–Kier alpha value is -1.97. The van der Waals surface area contributed by atoms with Crippen molar-refractivity contribution in [2.24, 2.45) is 0 Å². The third-order valence-electron chi connectivity index (χ3n) is 2.18. The normalized spacial score (nSPS) is 10.3. The maximum atomic E-state index is 5.87. The van der Waals surface area contributed by atoms with E-state index in [0.29, 0.717) is 17.3 Å². The largest absolute Gasteiger partial charge is 0.435 e. The van der Waals surface area contributed by atoms with Gasteiger partial charge in [0.2, 0.25) is 5.88 Å². The summed E-state index contributed by atoms with van der Waals surface area (Å²) in [5.74, 6) is 1.17. The van der Waals surface area contributed by atoms with E-state index in [1.807, 2.05) is 38.1 Å². The first-order valence-electron chi connectivity index (χ1n) is 4.72. The van der Waals surface area contributed by atoms with Gasteiger partial charge in [-0.3, -0.25) is 5.10 Å². The Morgan fingerprint density at radius 2 is 2.13 bits per heavy atom. The van der Waals surface area contributed by atoms with Gasteiger partial charge in [0.1, 0.15) is 0 Å². The fraction of sp³-hybridized carbons (Fsp3) is 0.182. The van der Waals surface area contributed by atoms with Crippen molar-refractivity contribution in [2.75, 3.05) is 5.73 Å². The maximum Gasteiger partial charge on any atom is 0.238 e. The molecule has 3 N–H and O–H groups in total. The van der Waals surface area contributed by atoms with Crippen LogP contribution in [0.1, 0.15) is 11.3 Å². The molecule has 0 aliphatic heterocycles. The van der Waals surface area contributed by atoms with Gasteiger partial charge in [0, 0.05) is 11.8 Å². The first kappa shape index (κ1) is 9.58. The lowest BCUT2D eigenvalue weighted by Crippen LogP contribution is -1.94. The lowest BCUT2D eigenvalue weighted by atomic mass is 10.2. The van der Waals surface area contributed by atoms with Crippen molar-refractivity contribution in [3.05, 3.63) is 35.5 Å². The van der Waals surface area contributed by atoms with Gasteiger partial charge in [-0.25, -0.2) is 0 Å². The summed E-state index contributed by atoms with van der Waals surface area (Å²) in [5, 5.41) is 6.79. The summed E-state index contributed by atoms with van der Waals surface area (Å²) < 4.78 is 5.54. The molecular weight excluding hydrogens is 190 g/mol. The minimum atomic E-state index is 0.532. The molecule has 78 valence electrons. The van der Waals surface area contributed by atoms with Gasteiger partial charge >= 0.3 is 0 Å². The topological polar surface area (TPSA) is 63.9 Å². The van der Waals surface area contributed by atoms with Crippen molar-refractivity contribution in [2.45, 2.75) is 13.8 Å². The Bertz CT molecular complexity index is 476. The number of nitrogen functional groups attached to an aromatic ring is 1. The Morgan fingerprint density at radius 3 is 2.80 bits per heavy atom. The highest BCUT2D eigenvalue weighted by Gasteiger charge is 2.05. The van der Waals surface area contributed by atoms with Crippen LogP contribution in [0.15, 0.2) is 24.3 Å². The number of hydrogen-bond donors (Lipinski definition) is 2. The summed E-state index contributed by atoms with van der Waals surface area (Å²) in [7, 11) is 0. The van der Waals surface area contributed by atoms with Crippen LogP contribution in [0.4, 0.5) is 5.69 Å². The number of benzene rings is 1. The number of aryl methyl sites for hydroxylation is 2. The van der Waals surface area contributed by atoms with Crippen molar-refractivity contribution in [1.82, 2.24) is 10.2 Å². The molecule has 4 nitrogen and oxygen atoms in total. The smallest absolute Gasteiger partial charge is 0.238 e. The molecule has 15 heavy (non-hydrogen) atoms. The van der Waals surface area contributed by atoms with Crippen LogP contribution in [0.5, 0.6) is 11.6 Å². The summed E-state index contributed by atoms with van der Waals surface area (Å²) in [6.07, 6.45) is 0. The molecule has 4 heteroatoms. The molecule has 1 aromatic carbocycles. The standard InChI is InChI=1S/C11H13N3O/c1-7-4-3-5-9(11(7)12)15-10-6-8(2)13-14-10/h3-6H,12H2,1-2H3,(H,13,14). The highest BCUT2D eigenvalue weighted by atomic mass is 16.5. The molecule has 1 aromatic heterocycles. The molecule has 0 saturated heterocycles. The molecule has 0 amide bonds. The lowest BCUT2D eigenvalue weighted by Gasteiger charge is -2.07. The first-order chi connectivity index (χ1) is 7.16. The number of para-hydroxylation sites is 1. The zero-order valence-electron chi connectivity index (χ0n) is 8.74. The average molecular weight is 203 g/mol. The summed E-state index contributed by atoms with van der Waals surface area (Å²) in [4.78, 5) is 0. The van der Waals surface area contributed by atoms with Gasteiger partial charge in [0.05, 0.1) is 5.69 Å². The van der Waals surface area contributed by atoms with E-state index in [1.54, 1.807) is 0 Å². The van der Waals surface area contributed by atoms with Crippen molar-refractivity contribution in [1.29, 1.82) is 0 Å². The molecule has 2 rings (SSSR count). The van der Waals surface area contributed by atoms with Crippen LogP contribution in [0.25, 0.3) is 0 Å². The fourth-order valence-electron chi connectivity index (χ4n) is 1.30. The third kappa shape index (κ3) is 1.93. The second-order valence-corrected chi connectivity index (χ2v) is 3.48. The molecule has 0 radical (unpaired) electrons. The van der Waals surface area contributed by atoms with Crippen LogP contribution in [0.2, 0.25) is 0 Å². The molecule has 2 aromatic rings. The highest BCUT2D eigenvalue weighted by molar-refractivity contribution is 5.58. The van der Waals surface area contributed by atoms with Crippen molar-refractivity contribution in [3.63, 3.8) is 0 Å². The van der Waals surface area contributed by atoms with Crippen LogP contribution >= 0.6 is 0 Å². The van der Waals surface area contributed by atoms with E-state index in [-0.39, 0.29) is 0 Å². The van der Waals surface area contributed by atoms with Gasteiger partial charge in [0.25, 0.3) is 0 Å². The monoisotopic (exact) mass is 203 g/mol. The first-order valence-corrected chi connectivity index (χ1v) is 4.72. The van der Waals surface area contributed by atoms with E-state index in [4.69, 9.17) is 10.5 Å². The van der Waals surface area contributed by atoms with E-state index in [0.717, 1.165) is 11.3 Å². The average Bonchev–Trinajstić information content (AvgIpc) is 2.59. The van der Waals surface area contributed by atoms with E-state index >= 15 is 0 Å². The molecule has 0 spiro atoms. The second kappa shape index (κ2) is 3.65. The molecule has 0 fully saturated rings. The Kier molecular flexibility index (Phi) is 2.33. The van der Waals surface area contributed by atoms with Crippen LogP contribution in [-0.4, -0.2) is 10.2 Å². The van der Waals surface area contributed by atoms with Gasteiger partial charge < -0.3 is 10.5 Å². The fourth-order valence-corrected chi connectivity index (χ4v) is 1.30. The molecule has 0 bridgehead atoms. The summed E-state index contributed by atoms with van der Waals surface area (Å²) in [6.45, 7) is 3.86. The number of rotatable bonds is 2. The predicted molar refractivity (Wildman–Crippen MR) is 59.0 cm³/mol. The SMILES string of the molecule is Cc1cc(Oc2cccc(C)c2N)n[nH]1. The predicted octanol–water partition coefficient (Wildman–Crippen LogP) is 2.40. The van der Waals surface area contributed by atoms with Crippen LogP contribution < -0.4 is 10.5 Å². The number of hydrogen-bond acceptors (Lipinski definition) is 3. The zero-order valence-corrected chi connectivity index (χ0v) is 8.74. The summed E-state index contributed by atoms with van der Waals surface area (Å²) >= 11 is 0. The van der Waals surface area contributed by atoms with Gasteiger partial charge in [-0.1, -0.05) is 12.1 Å². The quantitative estimate of drug-likeness (QED) is 0.736. The zero-order chi connectivity index (χ0) is 10.8. The van der Waals surface area contributed by atoms with Gasteiger partial charge in [-0.05, 0) is 25.5 Å². The molecule has 0 unspecified atom stereocenters. The number of nitrogens with two attached hydrogens (primary N) is 1. The summed E-state index contributed by atoms with van der Waals surface area (Å²) in [5.41, 5.74) is 8.48. The number of H-pyrrole nitrogens is 1. The van der Waals surface area contributed by atoms with Crippen molar-refractivity contribution in [3.8, 4) is 11.6 Å². The molecule has 0 aliphatic rings. The Labute approximate surface area is 88.1 Å². The van der Waals surface area contributed by atoms with Gasteiger partial charge in [0.15, 0.2) is 5.75 Å². The van der Waals surface area contributed by atoms with Gasteiger partial charge in [-0.15, -0.1) is 5.10 Å². The number of anilines is 1. The van der Waals surface area contributed by atoms with E-state index < -0.39 is 0 Å². The number of aromatic nitrogens is 2. The lowest BCUT2D eigenvalue weighted by molar-refractivity contribution is 0.463. The van der Waals surface area contributed by atoms with Crippen LogP contribution in [0, 0.1) is 13.8 Å². The molecular formula is C11H13N3O. The molecule has 0 atom stereocenters. The maximum absolute atomic E-state index is 5.87. The van der Waals surface area contributed by atoms with E-state index in [1.165, 1.54) is 0 Å². The highest BCUT2D eigenvalue weighted by Crippen LogP contribution is 2.28. The van der Waals surface area contributed by atoms with E-state index in [2.05, 4.69) is 10.2 Å². The summed E-state index contributed by atoms with van der Waals surface area (Å²) in [6, 6.07) is 7.49. The number of ether oxygens (including phenoxy) is 1. The van der Waals surface area contributed by atoms with Crippen molar-refractivity contribution < 1.29 is 4.74 Å². The second-order valence-electron chi connectivity index (χ2n) is 3.48. The third-order valence-corrected chi connectivity index (χ3v) is 2.18. The Balaban J connectivity index is 2.28. The van der Waals surface area contributed by atoms with Crippen LogP contribution in [-0.2, 0) is 0 Å². The van der Waals surface area contributed by atoms with Crippen molar-refractivity contribution >= 4 is 5.69 Å². The number of aromatic amines is 1. The molecule has 1 heterocycles. The van der Waals surface area contributed by atoms with E-state index in [9.17, 15) is 0 Å².